The van der Waals surface area contributed by atoms with Crippen LogP contribution in [0.15, 0.2) is 112 Å². The number of sulfone groups is 1. The lowest BCUT2D eigenvalue weighted by atomic mass is 10.1. The Kier molecular flexibility index (Phi) is 19.5. The number of carbonyl (C=O) groups is 1. The van der Waals surface area contributed by atoms with Gasteiger partial charge in [-0.25, -0.2) is 23.4 Å². The van der Waals surface area contributed by atoms with Crippen molar-refractivity contribution in [1.82, 2.24) is 29.1 Å². The van der Waals surface area contributed by atoms with E-state index in [4.69, 9.17) is 38.8 Å². The summed E-state index contributed by atoms with van der Waals surface area (Å²) in [6.45, 7) is 10.6. The highest BCUT2D eigenvalue weighted by molar-refractivity contribution is 7.93. The number of carboxylic acids is 1. The van der Waals surface area contributed by atoms with Crippen molar-refractivity contribution in [3.05, 3.63) is 151 Å². The van der Waals surface area contributed by atoms with Crippen molar-refractivity contribution in [3.8, 4) is 11.4 Å². The molecule has 4 N–H and O–H groups in total. The van der Waals surface area contributed by atoms with Crippen molar-refractivity contribution in [1.29, 1.82) is 0 Å². The number of nitrogen functional groups attached to an aromatic ring is 1. The Hall–Kier alpha value is -5.98. The van der Waals surface area contributed by atoms with E-state index in [1.165, 1.54) is 51.2 Å². The maximum absolute atomic E-state index is 13.0. The molecule has 0 aliphatic heterocycles. The zero-order chi connectivity index (χ0) is 46.0. The van der Waals surface area contributed by atoms with Crippen LogP contribution in [0.5, 0.6) is 0 Å². The van der Waals surface area contributed by atoms with E-state index in [2.05, 4.69) is 63.4 Å². The molecule has 0 radical (unpaired) electrons. The Labute approximate surface area is 396 Å². The molecule has 0 aliphatic carbocycles. The number of carboxylic acid groups (broad SMARTS) is 1. The molecule has 0 saturated heterocycles. The Morgan fingerprint density at radius 1 is 0.723 bits per heavy atom. The Morgan fingerprint density at radius 3 is 1.58 bits per heavy atom. The molecular weight excluding hydrogens is 928 g/mol. The van der Waals surface area contributed by atoms with Crippen LogP contribution in [0, 0.1) is 13.8 Å². The van der Waals surface area contributed by atoms with Gasteiger partial charge in [-0.05, 0) is 85.3 Å². The minimum absolute atomic E-state index is 0. The number of nitrogens with one attached hydrogen (secondary N) is 1. The third-order valence-electron chi connectivity index (χ3n) is 9.12. The first-order chi connectivity index (χ1) is 30.0. The second kappa shape index (κ2) is 23.8. The molecule has 0 saturated carbocycles. The van der Waals surface area contributed by atoms with Crippen LogP contribution >= 0.6 is 45.9 Å². The maximum Gasteiger partial charge on any atom is 0.300 e. The summed E-state index contributed by atoms with van der Waals surface area (Å²) in [5.74, 6) is -0.912. The topological polar surface area (TPSA) is 205 Å². The van der Waals surface area contributed by atoms with Gasteiger partial charge in [0.05, 0.1) is 27.2 Å². The molecule has 4 aromatic carbocycles. The van der Waals surface area contributed by atoms with Crippen LogP contribution in [0.3, 0.4) is 0 Å². The average molecular weight is 980 g/mol. The van der Waals surface area contributed by atoms with Crippen molar-refractivity contribution in [2.45, 2.75) is 73.6 Å². The molecule has 14 nitrogen and oxygen atoms in total. The largest absolute Gasteiger partial charge is 0.481 e. The number of aromatic nitrogens is 6. The fourth-order valence-electron chi connectivity index (χ4n) is 5.79. The van der Waals surface area contributed by atoms with Crippen LogP contribution in [0.25, 0.3) is 32.1 Å². The number of para-hydroxylation sites is 2. The van der Waals surface area contributed by atoms with Crippen LogP contribution in [0.2, 0.25) is 10.0 Å². The van der Waals surface area contributed by atoms with Crippen molar-refractivity contribution < 1.29 is 18.3 Å². The standard InChI is InChI=1S/C20H17ClN4OS.C14H12ClN3O3S2.C8H11N.C2H4O2.2CH4/c1-3-13-7-9-14(10-8-13)23-20-24-18-17(27-20)19(26)25(11-22-18)16-12(2)5-4-6-15(16)21;1-3-23(20,21)14-17-12-11(22-14)13(19)18(7-16-12)10-8(2)5-4-6-9(10)15;1-2-7-3-5-8(9)6-4-7;1-2(3)4;;/h4-11H,3H2,1-2H3,(H,23,24);4-7H,3H2,1-2H3;3-6H,2,9H2,1H3;1H3,(H,3,4);2*1H4. The third-order valence-corrected chi connectivity index (χ3v) is 13.9. The molecular formula is C46H52Cl2N8O6S3. The summed E-state index contributed by atoms with van der Waals surface area (Å²) in [5.41, 5.74) is 12.7. The van der Waals surface area contributed by atoms with E-state index in [9.17, 15) is 18.0 Å². The lowest BCUT2D eigenvalue weighted by molar-refractivity contribution is -0.134. The number of anilines is 3. The lowest BCUT2D eigenvalue weighted by Gasteiger charge is -2.10. The molecule has 0 bridgehead atoms. The van der Waals surface area contributed by atoms with E-state index < -0.39 is 15.8 Å². The van der Waals surface area contributed by atoms with Gasteiger partial charge in [0.15, 0.2) is 16.4 Å². The Morgan fingerprint density at radius 2 is 1.15 bits per heavy atom. The third kappa shape index (κ3) is 13.3. The maximum atomic E-state index is 13.0. The highest BCUT2D eigenvalue weighted by Gasteiger charge is 2.21. The van der Waals surface area contributed by atoms with Crippen molar-refractivity contribution in [2.24, 2.45) is 0 Å². The molecule has 19 heteroatoms. The molecule has 8 aromatic rings. The van der Waals surface area contributed by atoms with Gasteiger partial charge < -0.3 is 16.2 Å². The highest BCUT2D eigenvalue weighted by Crippen LogP contribution is 2.29. The molecule has 65 heavy (non-hydrogen) atoms. The fourth-order valence-corrected chi connectivity index (χ4v) is 9.55. The Balaban J connectivity index is 0.000000267. The molecule has 0 spiro atoms. The van der Waals surface area contributed by atoms with Gasteiger partial charge in [0.2, 0.25) is 14.2 Å². The molecule has 344 valence electrons. The van der Waals surface area contributed by atoms with Crippen LogP contribution in [-0.4, -0.2) is 54.3 Å². The van der Waals surface area contributed by atoms with Crippen molar-refractivity contribution in [3.63, 3.8) is 0 Å². The molecule has 8 rings (SSSR count). The van der Waals surface area contributed by atoms with Gasteiger partial charge in [-0.3, -0.25) is 23.5 Å². The number of thiazole rings is 2. The summed E-state index contributed by atoms with van der Waals surface area (Å²) in [6, 6.07) is 26.9. The van der Waals surface area contributed by atoms with E-state index in [0.29, 0.717) is 36.9 Å². The van der Waals surface area contributed by atoms with Gasteiger partial charge in [0.1, 0.15) is 22.1 Å². The number of rotatable bonds is 8. The summed E-state index contributed by atoms with van der Waals surface area (Å²) >= 11 is 14.6. The number of fused-ring (bicyclic) bond motifs is 2. The van der Waals surface area contributed by atoms with Gasteiger partial charge >= 0.3 is 0 Å². The summed E-state index contributed by atoms with van der Waals surface area (Å²) < 4.78 is 27.3. The predicted molar refractivity (Wildman–Crippen MR) is 269 cm³/mol. The van der Waals surface area contributed by atoms with E-state index in [1.54, 1.807) is 18.2 Å². The Bertz CT molecular complexity index is 3070. The quantitative estimate of drug-likeness (QED) is 0.122. The second-order valence-electron chi connectivity index (χ2n) is 13.6. The molecule has 0 fully saturated rings. The van der Waals surface area contributed by atoms with Gasteiger partial charge in [-0.15, -0.1) is 0 Å². The number of benzene rings is 4. The second-order valence-corrected chi connectivity index (χ2v) is 18.9. The first kappa shape index (κ1) is 53.4. The first-order valence-corrected chi connectivity index (χ1v) is 23.4. The van der Waals surface area contributed by atoms with E-state index >= 15 is 0 Å². The van der Waals surface area contributed by atoms with Crippen LogP contribution in [0.4, 0.5) is 16.5 Å². The average Bonchev–Trinajstić information content (AvgIpc) is 3.89. The monoisotopic (exact) mass is 978 g/mol. The van der Waals surface area contributed by atoms with Gasteiger partial charge in [0, 0.05) is 18.3 Å². The van der Waals surface area contributed by atoms with E-state index in [-0.39, 0.29) is 46.4 Å². The fraction of sp³-hybridized carbons (Fsp3) is 0.239. The summed E-state index contributed by atoms with van der Waals surface area (Å²) in [6.07, 6.45) is 4.88. The zero-order valence-corrected chi connectivity index (χ0v) is 39.1. The normalized spacial score (nSPS) is 10.5. The summed E-state index contributed by atoms with van der Waals surface area (Å²) in [4.78, 5) is 51.6. The van der Waals surface area contributed by atoms with Crippen molar-refractivity contribution >= 4 is 98.9 Å². The smallest absolute Gasteiger partial charge is 0.300 e. The van der Waals surface area contributed by atoms with Gasteiger partial charge in [-0.1, -0.05) is 130 Å². The molecule has 4 heterocycles. The number of halogens is 2. The van der Waals surface area contributed by atoms with Crippen LogP contribution in [0.1, 0.15) is 64.8 Å². The predicted octanol–water partition coefficient (Wildman–Crippen LogP) is 10.9. The number of hydrogen-bond donors (Lipinski definition) is 3. The van der Waals surface area contributed by atoms with Gasteiger partial charge in [0.25, 0.3) is 17.1 Å². The number of nitrogens with zero attached hydrogens (tertiary/aromatic N) is 6. The summed E-state index contributed by atoms with van der Waals surface area (Å²) in [7, 11) is -3.48. The minimum atomic E-state index is -3.48. The van der Waals surface area contributed by atoms with Crippen LogP contribution in [-0.2, 0) is 27.5 Å². The molecule has 0 unspecified atom stereocenters. The van der Waals surface area contributed by atoms with Crippen molar-refractivity contribution in [2.75, 3.05) is 16.8 Å². The SMILES string of the molecule is C.C.CC(=O)O.CCS(=O)(=O)c1nc2ncn(-c3c(C)cccc3Cl)c(=O)c2s1.CCc1ccc(N)cc1.CCc1ccc(Nc2nc3ncn(-c4c(C)cccc4Cl)c(=O)c3s2)cc1. The molecule has 0 amide bonds. The van der Waals surface area contributed by atoms with E-state index in [1.807, 2.05) is 56.3 Å². The molecule has 0 atom stereocenters. The van der Waals surface area contributed by atoms with E-state index in [0.717, 1.165) is 53.6 Å². The summed E-state index contributed by atoms with van der Waals surface area (Å²) in [5, 5.41) is 12.2. The van der Waals surface area contributed by atoms with Gasteiger partial charge in [-0.2, -0.15) is 4.98 Å². The van der Waals surface area contributed by atoms with Crippen LogP contribution < -0.4 is 22.2 Å². The zero-order valence-electron chi connectivity index (χ0n) is 35.1. The number of aryl methyl sites for hydroxylation is 4. The number of aliphatic carboxylic acids is 1. The highest BCUT2D eigenvalue weighted by atomic mass is 35.5. The number of hydrogen-bond acceptors (Lipinski definition) is 13. The minimum Gasteiger partial charge on any atom is -0.481 e. The number of nitrogens with two attached hydrogens (primary N) is 1. The first-order valence-electron chi connectivity index (χ1n) is 19.4. The lowest BCUT2D eigenvalue weighted by Crippen LogP contribution is -2.19. The molecule has 4 aromatic heterocycles. The molecule has 0 aliphatic rings.